The van der Waals surface area contributed by atoms with Gasteiger partial charge in [0.05, 0.1) is 0 Å². The van der Waals surface area contributed by atoms with Crippen LogP contribution in [0.25, 0.3) is 0 Å². The summed E-state index contributed by atoms with van der Waals surface area (Å²) in [6.45, 7) is 2.27. The van der Waals surface area contributed by atoms with Crippen LogP contribution in [0, 0.1) is 0 Å². The zero-order valence-electron chi connectivity index (χ0n) is 16.0. The van der Waals surface area contributed by atoms with Crippen molar-refractivity contribution in [3.8, 4) is 5.75 Å². The number of hydrogen-bond donors (Lipinski definition) is 0. The quantitative estimate of drug-likeness (QED) is 0.249. The lowest BCUT2D eigenvalue weighted by Gasteiger charge is -2.19. The van der Waals surface area contributed by atoms with Crippen LogP contribution in [-0.2, 0) is 0 Å². The van der Waals surface area contributed by atoms with E-state index in [0.717, 1.165) is 16.9 Å². The highest BCUT2D eigenvalue weighted by Crippen LogP contribution is 2.38. The van der Waals surface area contributed by atoms with Crippen LogP contribution in [0.15, 0.2) is 54.6 Å². The molecule has 26 heavy (non-hydrogen) atoms. The van der Waals surface area contributed by atoms with Crippen molar-refractivity contribution in [2.75, 3.05) is 6.16 Å². The Labute approximate surface area is 166 Å². The van der Waals surface area contributed by atoms with Crippen LogP contribution in [0.4, 0.5) is 0 Å². The summed E-state index contributed by atoms with van der Waals surface area (Å²) in [5.41, 5.74) is 0. The molecule has 2 rings (SSSR count). The molecule has 0 aliphatic rings. The molecular weight excluding hydrogens is 359 g/mol. The predicted octanol–water partition coefficient (Wildman–Crippen LogP) is 7.97. The molecule has 0 aromatic heterocycles. The van der Waals surface area contributed by atoms with Gasteiger partial charge in [0, 0.05) is 16.5 Å². The molecule has 0 saturated carbocycles. The van der Waals surface area contributed by atoms with Crippen molar-refractivity contribution < 1.29 is 4.52 Å². The van der Waals surface area contributed by atoms with Gasteiger partial charge < -0.3 is 4.52 Å². The molecule has 0 aliphatic carbocycles. The third-order valence-electron chi connectivity index (χ3n) is 4.54. The predicted molar refractivity (Wildman–Crippen MR) is 117 cm³/mol. The molecule has 0 amide bonds. The first-order valence-electron chi connectivity index (χ1n) is 10.1. The molecular formula is C23H32ClOP. The van der Waals surface area contributed by atoms with E-state index in [0.29, 0.717) is 0 Å². The fourth-order valence-electron chi connectivity index (χ4n) is 3.01. The first-order chi connectivity index (χ1) is 12.8. The highest BCUT2D eigenvalue weighted by Gasteiger charge is 2.14. The van der Waals surface area contributed by atoms with Crippen molar-refractivity contribution >= 4 is 25.1 Å². The molecule has 2 aromatic rings. The SMILES string of the molecule is CCCCCCCCCCCP(Oc1ccccc1)c1ccc(Cl)cc1. The Bertz CT molecular complexity index is 585. The summed E-state index contributed by atoms with van der Waals surface area (Å²) in [4.78, 5) is 0. The molecule has 1 nitrogen and oxygen atoms in total. The van der Waals surface area contributed by atoms with Gasteiger partial charge in [0.2, 0.25) is 0 Å². The van der Waals surface area contributed by atoms with Gasteiger partial charge >= 0.3 is 0 Å². The molecule has 0 spiro atoms. The number of halogens is 1. The Kier molecular flexibility index (Phi) is 10.8. The van der Waals surface area contributed by atoms with Crippen molar-refractivity contribution in [3.05, 3.63) is 59.6 Å². The Morgan fingerprint density at radius 2 is 1.31 bits per heavy atom. The summed E-state index contributed by atoms with van der Waals surface area (Å²) < 4.78 is 6.33. The van der Waals surface area contributed by atoms with Crippen LogP contribution in [0.3, 0.4) is 0 Å². The molecule has 0 radical (unpaired) electrons. The number of hydrogen-bond acceptors (Lipinski definition) is 1. The first kappa shape index (κ1) is 21.3. The van der Waals surface area contributed by atoms with Gasteiger partial charge in [-0.15, -0.1) is 0 Å². The third-order valence-corrected chi connectivity index (χ3v) is 6.82. The lowest BCUT2D eigenvalue weighted by molar-refractivity contribution is 0.569. The standard InChI is InChI=1S/C23H32ClOP/c1-2-3-4-5-6-7-8-9-13-20-26(23-18-16-21(24)17-19-23)25-22-14-11-10-12-15-22/h10-12,14-19H,2-9,13,20H2,1H3. The largest absolute Gasteiger partial charge is 0.469 e. The van der Waals surface area contributed by atoms with Crippen LogP contribution in [0.5, 0.6) is 5.75 Å². The molecule has 0 aliphatic heterocycles. The van der Waals surface area contributed by atoms with E-state index in [4.69, 9.17) is 16.1 Å². The number of unbranched alkanes of at least 4 members (excludes halogenated alkanes) is 8. The summed E-state index contributed by atoms with van der Waals surface area (Å²) in [5.74, 6) is 0.962. The first-order valence-corrected chi connectivity index (χ1v) is 11.9. The lowest BCUT2D eigenvalue weighted by atomic mass is 10.1. The molecule has 1 unspecified atom stereocenters. The van der Waals surface area contributed by atoms with E-state index in [-0.39, 0.29) is 0 Å². The van der Waals surface area contributed by atoms with Crippen LogP contribution >= 0.6 is 19.7 Å². The van der Waals surface area contributed by atoms with Gasteiger partial charge in [0.25, 0.3) is 0 Å². The zero-order chi connectivity index (χ0) is 18.5. The maximum atomic E-state index is 6.33. The van der Waals surface area contributed by atoms with E-state index in [2.05, 4.69) is 19.1 Å². The molecule has 2 aromatic carbocycles. The van der Waals surface area contributed by atoms with Crippen molar-refractivity contribution in [3.63, 3.8) is 0 Å². The smallest absolute Gasteiger partial charge is 0.123 e. The maximum absolute atomic E-state index is 6.33. The van der Waals surface area contributed by atoms with Crippen molar-refractivity contribution in [1.29, 1.82) is 0 Å². The van der Waals surface area contributed by atoms with Crippen molar-refractivity contribution in [1.82, 2.24) is 0 Å². The fourth-order valence-corrected chi connectivity index (χ4v) is 4.96. The van der Waals surface area contributed by atoms with E-state index in [1.165, 1.54) is 63.1 Å². The topological polar surface area (TPSA) is 9.23 Å². The summed E-state index contributed by atoms with van der Waals surface area (Å²) in [6.07, 6.45) is 13.3. The van der Waals surface area contributed by atoms with Crippen LogP contribution in [0.1, 0.15) is 64.7 Å². The molecule has 0 saturated heterocycles. The van der Waals surface area contributed by atoms with Crippen molar-refractivity contribution in [2.24, 2.45) is 0 Å². The van der Waals surface area contributed by atoms with Gasteiger partial charge in [-0.2, -0.15) is 0 Å². The monoisotopic (exact) mass is 390 g/mol. The second-order valence-corrected chi connectivity index (χ2v) is 9.15. The molecule has 0 heterocycles. The summed E-state index contributed by atoms with van der Waals surface area (Å²) in [5, 5.41) is 2.05. The summed E-state index contributed by atoms with van der Waals surface area (Å²) in [6, 6.07) is 18.3. The molecule has 3 heteroatoms. The Balaban J connectivity index is 1.76. The Morgan fingerprint density at radius 3 is 1.92 bits per heavy atom. The average Bonchev–Trinajstić information content (AvgIpc) is 2.67. The van der Waals surface area contributed by atoms with Crippen molar-refractivity contribution in [2.45, 2.75) is 64.7 Å². The summed E-state index contributed by atoms with van der Waals surface area (Å²) in [7, 11) is -0.636. The van der Waals surface area contributed by atoms with Gasteiger partial charge in [-0.25, -0.2) is 0 Å². The van der Waals surface area contributed by atoms with Gasteiger partial charge in [-0.1, -0.05) is 88.1 Å². The lowest BCUT2D eigenvalue weighted by Crippen LogP contribution is -2.08. The molecule has 0 N–H and O–H groups in total. The second-order valence-electron chi connectivity index (χ2n) is 6.81. The minimum absolute atomic E-state index is 0.636. The van der Waals surface area contributed by atoms with Gasteiger partial charge in [0.15, 0.2) is 0 Å². The van der Waals surface area contributed by atoms with E-state index < -0.39 is 8.15 Å². The van der Waals surface area contributed by atoms with Gasteiger partial charge in [0.1, 0.15) is 13.9 Å². The zero-order valence-corrected chi connectivity index (χ0v) is 17.7. The van der Waals surface area contributed by atoms with Crippen LogP contribution in [0.2, 0.25) is 5.02 Å². The van der Waals surface area contributed by atoms with E-state index in [1.54, 1.807) is 0 Å². The second kappa shape index (κ2) is 13.2. The number of benzene rings is 2. The Hall–Kier alpha value is -1.04. The highest BCUT2D eigenvalue weighted by molar-refractivity contribution is 7.61. The normalized spacial score (nSPS) is 12.1. The molecule has 1 atom stereocenters. The molecule has 0 bridgehead atoms. The van der Waals surface area contributed by atoms with E-state index in [9.17, 15) is 0 Å². The summed E-state index contributed by atoms with van der Waals surface area (Å²) >= 11 is 6.05. The third kappa shape index (κ3) is 8.56. The van der Waals surface area contributed by atoms with Gasteiger partial charge in [-0.05, 0) is 42.8 Å². The van der Waals surface area contributed by atoms with Crippen LogP contribution in [-0.4, -0.2) is 6.16 Å². The minimum Gasteiger partial charge on any atom is -0.469 e. The fraction of sp³-hybridized carbons (Fsp3) is 0.478. The number of rotatable bonds is 13. The molecule has 142 valence electrons. The Morgan fingerprint density at radius 1 is 0.731 bits per heavy atom. The van der Waals surface area contributed by atoms with E-state index in [1.807, 2.05) is 42.5 Å². The van der Waals surface area contributed by atoms with Crippen LogP contribution < -0.4 is 9.83 Å². The minimum atomic E-state index is -0.636. The maximum Gasteiger partial charge on any atom is 0.123 e. The number of para-hydroxylation sites is 1. The highest BCUT2D eigenvalue weighted by atomic mass is 35.5. The van der Waals surface area contributed by atoms with Gasteiger partial charge in [-0.3, -0.25) is 0 Å². The average molecular weight is 391 g/mol. The molecule has 0 fully saturated rings. The van der Waals surface area contributed by atoms with E-state index >= 15 is 0 Å².